The number of benzene rings is 1. The number of Topliss-reactive ketones (excluding diaryl/α,β-unsaturated/α-hetero) is 1. The van der Waals surface area contributed by atoms with E-state index in [9.17, 15) is 13.8 Å². The van der Waals surface area contributed by atoms with E-state index in [0.29, 0.717) is 23.2 Å². The van der Waals surface area contributed by atoms with Crippen LogP contribution in [0.3, 0.4) is 0 Å². The topological polar surface area (TPSA) is 63.7 Å². The van der Waals surface area contributed by atoms with Gasteiger partial charge in [-0.05, 0) is 44.5 Å². The van der Waals surface area contributed by atoms with E-state index in [0.717, 1.165) is 0 Å². The van der Waals surface area contributed by atoms with Crippen LogP contribution in [0.25, 0.3) is 0 Å². The van der Waals surface area contributed by atoms with E-state index in [-0.39, 0.29) is 18.3 Å². The summed E-state index contributed by atoms with van der Waals surface area (Å²) in [6, 6.07) is 5.06. The maximum absolute atomic E-state index is 12.5. The molecule has 0 fully saturated rings. The molecule has 0 aliphatic carbocycles. The fourth-order valence-electron chi connectivity index (χ4n) is 2.37. The predicted octanol–water partition coefficient (Wildman–Crippen LogP) is 2.52. The molecule has 0 N–H and O–H groups in total. The molecule has 0 saturated heterocycles. The maximum atomic E-state index is 12.5. The van der Waals surface area contributed by atoms with E-state index < -0.39 is 16.7 Å². The van der Waals surface area contributed by atoms with Crippen molar-refractivity contribution >= 4 is 28.6 Å². The van der Waals surface area contributed by atoms with Crippen LogP contribution >= 0.6 is 0 Å². The van der Waals surface area contributed by atoms with Crippen LogP contribution in [0.5, 0.6) is 0 Å². The van der Waals surface area contributed by atoms with Crippen LogP contribution in [-0.2, 0) is 25.7 Å². The molecule has 1 aromatic carbocycles. The molecule has 0 bridgehead atoms. The summed E-state index contributed by atoms with van der Waals surface area (Å²) >= 11 is -1.85. The first-order valence-corrected chi connectivity index (χ1v) is 7.95. The quantitative estimate of drug-likeness (QED) is 0.784. The molecule has 1 aliphatic heterocycles. The number of amides is 1. The third-order valence-corrected chi connectivity index (χ3v) is 4.72. The summed E-state index contributed by atoms with van der Waals surface area (Å²) in [5, 5.41) is 0. The smallest absolute Gasteiger partial charge is 0.271 e. The number of hydrogen-bond acceptors (Lipinski definition) is 4. The fraction of sp³-hybridized carbons (Fsp3) is 0.467. The molecule has 6 heteroatoms. The van der Waals surface area contributed by atoms with Crippen molar-refractivity contribution in [3.05, 3.63) is 29.3 Å². The van der Waals surface area contributed by atoms with Crippen LogP contribution in [0, 0.1) is 0 Å². The second-order valence-corrected chi connectivity index (χ2v) is 6.39. The van der Waals surface area contributed by atoms with Crippen molar-refractivity contribution < 1.29 is 18.0 Å². The number of ketones is 1. The van der Waals surface area contributed by atoms with Crippen LogP contribution in [0.1, 0.15) is 50.0 Å². The molecule has 1 aliphatic rings. The van der Waals surface area contributed by atoms with E-state index in [1.165, 1.54) is 4.31 Å². The van der Waals surface area contributed by atoms with Crippen molar-refractivity contribution in [2.24, 2.45) is 0 Å². The Balaban J connectivity index is 2.54. The van der Waals surface area contributed by atoms with Crippen molar-refractivity contribution in [3.63, 3.8) is 0 Å². The highest BCUT2D eigenvalue weighted by atomic mass is 32.2. The fourth-order valence-corrected chi connectivity index (χ4v) is 3.36. The van der Waals surface area contributed by atoms with E-state index >= 15 is 0 Å². The number of rotatable bonds is 5. The Morgan fingerprint density at radius 3 is 2.57 bits per heavy atom. The third kappa shape index (κ3) is 2.53. The van der Waals surface area contributed by atoms with Crippen molar-refractivity contribution in [1.82, 2.24) is 0 Å². The Morgan fingerprint density at radius 2 is 2.00 bits per heavy atom. The highest BCUT2D eigenvalue weighted by molar-refractivity contribution is 7.82. The van der Waals surface area contributed by atoms with Crippen LogP contribution in [0.2, 0.25) is 0 Å². The normalized spacial score (nSPS) is 17.7. The number of carbonyl (C=O) groups is 2. The van der Waals surface area contributed by atoms with Crippen LogP contribution < -0.4 is 4.31 Å². The molecule has 2 rings (SSSR count). The zero-order valence-corrected chi connectivity index (χ0v) is 13.5. The summed E-state index contributed by atoms with van der Waals surface area (Å²) in [5.41, 5.74) is 0.997. The minimum absolute atomic E-state index is 0.0189. The van der Waals surface area contributed by atoms with Crippen molar-refractivity contribution in [3.8, 4) is 0 Å². The van der Waals surface area contributed by atoms with Crippen molar-refractivity contribution in [2.75, 3.05) is 10.9 Å². The minimum Gasteiger partial charge on any atom is -0.294 e. The Morgan fingerprint density at radius 1 is 1.33 bits per heavy atom. The molecule has 1 unspecified atom stereocenters. The molecule has 1 atom stereocenters. The number of hydrogen-bond donors (Lipinski definition) is 0. The van der Waals surface area contributed by atoms with Gasteiger partial charge in [0.2, 0.25) is 0 Å². The van der Waals surface area contributed by atoms with Gasteiger partial charge in [0.15, 0.2) is 5.78 Å². The van der Waals surface area contributed by atoms with Gasteiger partial charge in [0, 0.05) is 12.0 Å². The molecule has 1 aromatic rings. The van der Waals surface area contributed by atoms with E-state index in [4.69, 9.17) is 4.18 Å². The predicted molar refractivity (Wildman–Crippen MR) is 81.3 cm³/mol. The Kier molecular flexibility index (Phi) is 4.30. The third-order valence-electron chi connectivity index (χ3n) is 3.62. The SMILES string of the molecule is CCOS(=O)N1C(=O)C(C)(C)c2cc(C(=O)CC)ccc21. The maximum Gasteiger partial charge on any atom is 0.271 e. The summed E-state index contributed by atoms with van der Waals surface area (Å²) in [7, 11) is 0. The average Bonchev–Trinajstić information content (AvgIpc) is 2.66. The van der Waals surface area contributed by atoms with Gasteiger partial charge in [-0.2, -0.15) is 0 Å². The zero-order chi connectivity index (χ0) is 15.8. The van der Waals surface area contributed by atoms with E-state index in [2.05, 4.69) is 0 Å². The molecule has 0 spiro atoms. The number of anilines is 1. The molecule has 5 nitrogen and oxygen atoms in total. The molecule has 21 heavy (non-hydrogen) atoms. The molecule has 0 aromatic heterocycles. The van der Waals surface area contributed by atoms with Gasteiger partial charge in [-0.3, -0.25) is 13.8 Å². The molecular formula is C15H19NO4S. The van der Waals surface area contributed by atoms with Crippen LogP contribution in [0.15, 0.2) is 18.2 Å². The number of carbonyl (C=O) groups excluding carboxylic acids is 2. The zero-order valence-electron chi connectivity index (χ0n) is 12.6. The molecule has 1 amide bonds. The van der Waals surface area contributed by atoms with E-state index in [1.54, 1.807) is 45.9 Å². The van der Waals surface area contributed by atoms with Crippen molar-refractivity contribution in [1.29, 1.82) is 0 Å². The molecular weight excluding hydrogens is 290 g/mol. The van der Waals surface area contributed by atoms with Gasteiger partial charge in [-0.1, -0.05) is 6.92 Å². The first-order valence-electron chi connectivity index (χ1n) is 6.92. The largest absolute Gasteiger partial charge is 0.294 e. The second-order valence-electron chi connectivity index (χ2n) is 5.36. The van der Waals surface area contributed by atoms with E-state index in [1.807, 2.05) is 0 Å². The Hall–Kier alpha value is -1.53. The van der Waals surface area contributed by atoms with Crippen LogP contribution in [0.4, 0.5) is 5.69 Å². The van der Waals surface area contributed by atoms with Gasteiger partial charge in [-0.15, -0.1) is 0 Å². The first-order chi connectivity index (χ1) is 9.84. The molecule has 1 heterocycles. The summed E-state index contributed by atoms with van der Waals surface area (Å²) in [6.07, 6.45) is 0.405. The highest BCUT2D eigenvalue weighted by Crippen LogP contribution is 2.43. The summed E-state index contributed by atoms with van der Waals surface area (Å²) < 4.78 is 18.3. The van der Waals surface area contributed by atoms with Crippen LogP contribution in [-0.4, -0.2) is 22.5 Å². The van der Waals surface area contributed by atoms with Gasteiger partial charge < -0.3 is 0 Å². The molecule has 0 saturated carbocycles. The standard InChI is InChI=1S/C15H19NO4S/c1-5-13(17)10-7-8-12-11(9-10)15(3,4)14(18)16(12)21(19)20-6-2/h7-9H,5-6H2,1-4H3. The number of fused-ring (bicyclic) bond motifs is 1. The van der Waals surface area contributed by atoms with Gasteiger partial charge >= 0.3 is 0 Å². The lowest BCUT2D eigenvalue weighted by Crippen LogP contribution is -2.38. The molecule has 114 valence electrons. The first kappa shape index (κ1) is 15.9. The van der Waals surface area contributed by atoms with Gasteiger partial charge in [0.05, 0.1) is 17.7 Å². The summed E-state index contributed by atoms with van der Waals surface area (Å²) in [6.45, 7) is 7.28. The Bertz CT molecular complexity index is 624. The van der Waals surface area contributed by atoms with Gasteiger partial charge in [0.1, 0.15) is 0 Å². The monoisotopic (exact) mass is 309 g/mol. The van der Waals surface area contributed by atoms with Gasteiger partial charge in [0.25, 0.3) is 17.2 Å². The average molecular weight is 309 g/mol. The Labute approximate surface area is 127 Å². The van der Waals surface area contributed by atoms with Crippen molar-refractivity contribution in [2.45, 2.75) is 39.5 Å². The summed E-state index contributed by atoms with van der Waals surface area (Å²) in [5.74, 6) is -0.268. The number of nitrogens with zero attached hydrogens (tertiary/aromatic N) is 1. The lowest BCUT2D eigenvalue weighted by Gasteiger charge is -2.18. The second kappa shape index (κ2) is 5.69. The lowest BCUT2D eigenvalue weighted by molar-refractivity contribution is -0.121. The lowest BCUT2D eigenvalue weighted by atomic mass is 9.85. The summed E-state index contributed by atoms with van der Waals surface area (Å²) in [4.78, 5) is 24.4. The molecule has 0 radical (unpaired) electrons. The minimum atomic E-state index is -1.85. The highest BCUT2D eigenvalue weighted by Gasteiger charge is 2.47. The van der Waals surface area contributed by atoms with Gasteiger partial charge in [-0.25, -0.2) is 8.51 Å².